The summed E-state index contributed by atoms with van der Waals surface area (Å²) in [6.07, 6.45) is -2.01. The van der Waals surface area contributed by atoms with Crippen LogP contribution in [0.5, 0.6) is 0 Å². The van der Waals surface area contributed by atoms with Crippen molar-refractivity contribution in [2.45, 2.75) is 12.8 Å². The molecular weight excluding hydrogens is 407 g/mol. The van der Waals surface area contributed by atoms with Crippen molar-refractivity contribution in [1.29, 1.82) is 0 Å². The molecule has 0 bridgehead atoms. The van der Waals surface area contributed by atoms with Gasteiger partial charge >= 0.3 is 6.18 Å². The van der Waals surface area contributed by atoms with Gasteiger partial charge in [-0.15, -0.1) is 0 Å². The van der Waals surface area contributed by atoms with Gasteiger partial charge in [0.25, 0.3) is 5.56 Å². The molecule has 6 nitrogen and oxygen atoms in total. The minimum absolute atomic E-state index is 0.0271. The molecule has 3 heterocycles. The molecule has 0 unspecified atom stereocenters. The first-order valence-corrected chi connectivity index (χ1v) is 9.35. The quantitative estimate of drug-likeness (QED) is 0.647. The third-order valence-corrected chi connectivity index (χ3v) is 5.19. The first-order chi connectivity index (χ1) is 13.8. The highest BCUT2D eigenvalue weighted by Gasteiger charge is 2.32. The van der Waals surface area contributed by atoms with Crippen molar-refractivity contribution >= 4 is 28.2 Å². The molecule has 0 atom stereocenters. The molecule has 1 saturated heterocycles. The predicted molar refractivity (Wildman–Crippen MR) is 104 cm³/mol. The van der Waals surface area contributed by atoms with E-state index in [2.05, 4.69) is 15.0 Å². The van der Waals surface area contributed by atoms with Gasteiger partial charge in [0.15, 0.2) is 0 Å². The van der Waals surface area contributed by atoms with Gasteiger partial charge in [0.1, 0.15) is 5.82 Å². The Kier molecular flexibility index (Phi) is 5.18. The third kappa shape index (κ3) is 4.06. The molecule has 1 fully saturated rings. The molecule has 2 aromatic heterocycles. The molecule has 4 rings (SSSR count). The molecule has 0 amide bonds. The molecule has 1 aliphatic heterocycles. The number of hydrogen-bond donors (Lipinski definition) is 0. The number of anilines is 1. The highest BCUT2D eigenvalue weighted by Crippen LogP contribution is 2.33. The lowest BCUT2D eigenvalue weighted by Gasteiger charge is -2.35. The standard InChI is InChI=1S/C19H17ClF3N5O/c20-16-9-14(19(21,22)23)11-24-17(16)27-7-5-26(6-8-27)12-28-18(29)15-4-2-1-3-13(15)10-25-28/h1-4,9-11H,5-8,12H2. The van der Waals surface area contributed by atoms with Crippen LogP contribution in [0.25, 0.3) is 10.8 Å². The number of piperazine rings is 1. The van der Waals surface area contributed by atoms with E-state index >= 15 is 0 Å². The minimum atomic E-state index is -4.48. The third-order valence-electron chi connectivity index (χ3n) is 4.92. The van der Waals surface area contributed by atoms with E-state index in [1.165, 1.54) is 4.68 Å². The zero-order valence-corrected chi connectivity index (χ0v) is 16.0. The average Bonchev–Trinajstić information content (AvgIpc) is 2.70. The number of halogens is 4. The van der Waals surface area contributed by atoms with E-state index in [1.807, 2.05) is 23.1 Å². The van der Waals surface area contributed by atoms with Crippen molar-refractivity contribution < 1.29 is 13.2 Å². The Morgan fingerprint density at radius 1 is 1.07 bits per heavy atom. The number of rotatable bonds is 3. The smallest absolute Gasteiger partial charge is 0.353 e. The van der Waals surface area contributed by atoms with Crippen LogP contribution < -0.4 is 10.5 Å². The van der Waals surface area contributed by atoms with Gasteiger partial charge in [-0.3, -0.25) is 9.69 Å². The van der Waals surface area contributed by atoms with Crippen molar-refractivity contribution in [3.05, 3.63) is 63.7 Å². The van der Waals surface area contributed by atoms with Crippen molar-refractivity contribution in [1.82, 2.24) is 19.7 Å². The topological polar surface area (TPSA) is 54.3 Å². The fourth-order valence-electron chi connectivity index (χ4n) is 3.34. The lowest BCUT2D eigenvalue weighted by Crippen LogP contribution is -2.48. The summed E-state index contributed by atoms with van der Waals surface area (Å²) >= 11 is 6.04. The molecule has 1 aliphatic rings. The summed E-state index contributed by atoms with van der Waals surface area (Å²) in [6, 6.07) is 8.18. The second-order valence-electron chi connectivity index (χ2n) is 6.81. The zero-order valence-electron chi connectivity index (χ0n) is 15.2. The molecule has 3 aromatic rings. The second kappa shape index (κ2) is 7.64. The summed E-state index contributed by atoms with van der Waals surface area (Å²) in [5, 5.41) is 5.61. The van der Waals surface area contributed by atoms with Crippen LogP contribution in [0.15, 0.2) is 47.5 Å². The van der Waals surface area contributed by atoms with Crippen LogP contribution in [0.4, 0.5) is 19.0 Å². The molecule has 0 radical (unpaired) electrons. The van der Waals surface area contributed by atoms with E-state index in [-0.39, 0.29) is 10.6 Å². The molecule has 0 N–H and O–H groups in total. The Hall–Kier alpha value is -2.65. The highest BCUT2D eigenvalue weighted by atomic mass is 35.5. The van der Waals surface area contributed by atoms with Crippen molar-refractivity contribution in [2.24, 2.45) is 0 Å². The monoisotopic (exact) mass is 423 g/mol. The average molecular weight is 424 g/mol. The molecule has 0 spiro atoms. The molecule has 29 heavy (non-hydrogen) atoms. The number of fused-ring (bicyclic) bond motifs is 1. The molecule has 152 valence electrons. The van der Waals surface area contributed by atoms with Crippen LogP contribution in [-0.4, -0.2) is 45.8 Å². The molecule has 10 heteroatoms. The summed E-state index contributed by atoms with van der Waals surface area (Å²) < 4.78 is 39.8. The number of aromatic nitrogens is 3. The van der Waals surface area contributed by atoms with Crippen LogP contribution in [0.2, 0.25) is 5.02 Å². The number of benzene rings is 1. The molecule has 1 aromatic carbocycles. The van der Waals surface area contributed by atoms with Crippen LogP contribution >= 0.6 is 11.6 Å². The van der Waals surface area contributed by atoms with Crippen LogP contribution in [0.3, 0.4) is 0 Å². The van der Waals surface area contributed by atoms with Gasteiger partial charge < -0.3 is 4.90 Å². The van der Waals surface area contributed by atoms with Gasteiger partial charge in [0.05, 0.1) is 28.8 Å². The van der Waals surface area contributed by atoms with E-state index in [0.717, 1.165) is 17.6 Å². The number of alkyl halides is 3. The zero-order chi connectivity index (χ0) is 20.6. The van der Waals surface area contributed by atoms with E-state index < -0.39 is 11.7 Å². The Balaban J connectivity index is 1.44. The summed E-state index contributed by atoms with van der Waals surface area (Å²) in [7, 11) is 0. The second-order valence-corrected chi connectivity index (χ2v) is 7.22. The fraction of sp³-hybridized carbons (Fsp3) is 0.316. The summed E-state index contributed by atoms with van der Waals surface area (Å²) in [5.74, 6) is 0.334. The fourth-order valence-corrected chi connectivity index (χ4v) is 3.62. The maximum Gasteiger partial charge on any atom is 0.417 e. The summed E-state index contributed by atoms with van der Waals surface area (Å²) in [5.41, 5.74) is -1.02. The largest absolute Gasteiger partial charge is 0.417 e. The van der Waals surface area contributed by atoms with Crippen LogP contribution in [-0.2, 0) is 12.8 Å². The van der Waals surface area contributed by atoms with Crippen molar-refractivity contribution in [3.63, 3.8) is 0 Å². The number of hydrogen-bond acceptors (Lipinski definition) is 5. The molecule has 0 aliphatic carbocycles. The Morgan fingerprint density at radius 2 is 1.79 bits per heavy atom. The predicted octanol–water partition coefficient (Wildman–Crippen LogP) is 3.24. The van der Waals surface area contributed by atoms with Gasteiger partial charge in [-0.25, -0.2) is 9.67 Å². The first-order valence-electron chi connectivity index (χ1n) is 8.98. The lowest BCUT2D eigenvalue weighted by molar-refractivity contribution is -0.137. The molecular formula is C19H17ClF3N5O. The van der Waals surface area contributed by atoms with E-state index in [0.29, 0.717) is 44.1 Å². The number of pyridine rings is 1. The van der Waals surface area contributed by atoms with Gasteiger partial charge in [-0.05, 0) is 12.1 Å². The maximum atomic E-state index is 12.8. The van der Waals surface area contributed by atoms with Gasteiger partial charge in [-0.2, -0.15) is 18.3 Å². The minimum Gasteiger partial charge on any atom is -0.353 e. The van der Waals surface area contributed by atoms with Crippen molar-refractivity contribution in [3.8, 4) is 0 Å². The Bertz CT molecular complexity index is 1090. The van der Waals surface area contributed by atoms with Gasteiger partial charge in [0, 0.05) is 37.8 Å². The van der Waals surface area contributed by atoms with Gasteiger partial charge in [-0.1, -0.05) is 29.8 Å². The maximum absolute atomic E-state index is 12.8. The summed E-state index contributed by atoms with van der Waals surface area (Å²) in [6.45, 7) is 2.59. The Morgan fingerprint density at radius 3 is 2.48 bits per heavy atom. The van der Waals surface area contributed by atoms with Crippen LogP contribution in [0.1, 0.15) is 5.56 Å². The van der Waals surface area contributed by atoms with E-state index in [1.54, 1.807) is 12.3 Å². The lowest BCUT2D eigenvalue weighted by atomic mass is 10.2. The van der Waals surface area contributed by atoms with Gasteiger partial charge in [0.2, 0.25) is 0 Å². The van der Waals surface area contributed by atoms with Crippen molar-refractivity contribution in [2.75, 3.05) is 31.1 Å². The molecule has 0 saturated carbocycles. The van der Waals surface area contributed by atoms with E-state index in [4.69, 9.17) is 11.6 Å². The highest BCUT2D eigenvalue weighted by molar-refractivity contribution is 6.33. The SMILES string of the molecule is O=c1c2ccccc2cnn1CN1CCN(c2ncc(C(F)(F)F)cc2Cl)CC1. The Labute approximate surface area is 169 Å². The number of nitrogens with zero attached hydrogens (tertiary/aromatic N) is 5. The normalized spacial score (nSPS) is 15.8. The summed E-state index contributed by atoms with van der Waals surface area (Å²) in [4.78, 5) is 20.4. The first kappa shape index (κ1) is 19.7. The van der Waals surface area contributed by atoms with Crippen LogP contribution in [0, 0.1) is 0 Å². The van der Waals surface area contributed by atoms with E-state index in [9.17, 15) is 18.0 Å².